The third-order valence-corrected chi connectivity index (χ3v) is 5.91. The van der Waals surface area contributed by atoms with Crippen LogP contribution in [-0.4, -0.2) is 40.0 Å². The highest BCUT2D eigenvalue weighted by Gasteiger charge is 2.37. The van der Waals surface area contributed by atoms with Gasteiger partial charge >= 0.3 is 0 Å². The van der Waals surface area contributed by atoms with E-state index in [4.69, 9.17) is 0 Å². The number of amides is 4. The number of carbonyl (C=O) groups excluding carboxylic acids is 4. The lowest BCUT2D eigenvalue weighted by Crippen LogP contribution is -2.44. The van der Waals surface area contributed by atoms with Crippen LogP contribution in [0.3, 0.4) is 0 Å². The molecule has 0 spiro atoms. The molecule has 36 heavy (non-hydrogen) atoms. The summed E-state index contributed by atoms with van der Waals surface area (Å²) in [6.45, 7) is 3.06. The number of nitrogens with one attached hydrogen (secondary N) is 2. The largest absolute Gasteiger partial charge is 0.339 e. The molecule has 182 valence electrons. The maximum atomic E-state index is 13.3. The van der Waals surface area contributed by atoms with Crippen LogP contribution >= 0.6 is 0 Å². The van der Waals surface area contributed by atoms with E-state index in [1.165, 1.54) is 36.4 Å². The number of carbonyl (C=O) groups is 4. The lowest BCUT2D eigenvalue weighted by molar-refractivity contribution is -0.384. The summed E-state index contributed by atoms with van der Waals surface area (Å²) in [6.07, 6.45) is 0. The first-order chi connectivity index (χ1) is 17.2. The van der Waals surface area contributed by atoms with E-state index in [0.717, 1.165) is 16.0 Å². The summed E-state index contributed by atoms with van der Waals surface area (Å²) in [5, 5.41) is 16.4. The third kappa shape index (κ3) is 4.69. The van der Waals surface area contributed by atoms with Gasteiger partial charge in [0.05, 0.1) is 16.1 Å². The van der Waals surface area contributed by atoms with Crippen LogP contribution in [0.2, 0.25) is 0 Å². The molecule has 1 aliphatic rings. The van der Waals surface area contributed by atoms with Gasteiger partial charge in [0, 0.05) is 17.8 Å². The summed E-state index contributed by atoms with van der Waals surface area (Å²) in [5.41, 5.74) is 2.71. The van der Waals surface area contributed by atoms with Crippen molar-refractivity contribution in [2.75, 3.05) is 11.9 Å². The zero-order valence-electron chi connectivity index (χ0n) is 19.5. The number of anilines is 1. The van der Waals surface area contributed by atoms with Gasteiger partial charge in [0.25, 0.3) is 23.4 Å². The number of hydrogen-bond acceptors (Lipinski definition) is 6. The van der Waals surface area contributed by atoms with Crippen LogP contribution in [0, 0.1) is 24.0 Å². The van der Waals surface area contributed by atoms with Gasteiger partial charge in [0.2, 0.25) is 5.91 Å². The molecule has 10 nitrogen and oxygen atoms in total. The number of aryl methyl sites for hydroxylation is 2. The minimum atomic E-state index is -1.24. The van der Waals surface area contributed by atoms with Crippen molar-refractivity contribution in [2.24, 2.45) is 0 Å². The second kappa shape index (κ2) is 9.79. The molecule has 0 saturated carbocycles. The highest BCUT2D eigenvalue weighted by Crippen LogP contribution is 2.25. The van der Waals surface area contributed by atoms with E-state index >= 15 is 0 Å². The van der Waals surface area contributed by atoms with Crippen molar-refractivity contribution >= 4 is 35.0 Å². The first kappa shape index (κ1) is 24.3. The molecule has 1 aliphatic heterocycles. The molecule has 3 aromatic rings. The van der Waals surface area contributed by atoms with Crippen molar-refractivity contribution in [2.45, 2.75) is 19.9 Å². The average Bonchev–Trinajstić information content (AvgIpc) is 3.10. The second-order valence-corrected chi connectivity index (χ2v) is 8.35. The molecular weight excluding hydrogens is 464 g/mol. The van der Waals surface area contributed by atoms with Gasteiger partial charge in [0.15, 0.2) is 0 Å². The first-order valence-corrected chi connectivity index (χ1v) is 11.0. The van der Waals surface area contributed by atoms with Gasteiger partial charge in [-0.15, -0.1) is 0 Å². The van der Waals surface area contributed by atoms with E-state index in [1.807, 2.05) is 32.0 Å². The summed E-state index contributed by atoms with van der Waals surface area (Å²) < 4.78 is 0. The van der Waals surface area contributed by atoms with Gasteiger partial charge in [0.1, 0.15) is 12.6 Å². The van der Waals surface area contributed by atoms with Gasteiger partial charge < -0.3 is 10.6 Å². The zero-order valence-corrected chi connectivity index (χ0v) is 19.5. The van der Waals surface area contributed by atoms with Crippen molar-refractivity contribution in [3.63, 3.8) is 0 Å². The highest BCUT2D eigenvalue weighted by molar-refractivity contribution is 6.22. The van der Waals surface area contributed by atoms with E-state index < -0.39 is 41.1 Å². The van der Waals surface area contributed by atoms with Gasteiger partial charge in [-0.25, -0.2) is 0 Å². The number of imide groups is 1. The molecule has 10 heteroatoms. The molecule has 0 aliphatic carbocycles. The molecular formula is C26H22N4O6. The molecule has 0 aromatic heterocycles. The first-order valence-electron chi connectivity index (χ1n) is 11.0. The average molecular weight is 486 g/mol. The number of hydrogen-bond donors (Lipinski definition) is 2. The van der Waals surface area contributed by atoms with Crippen LogP contribution in [0.4, 0.5) is 11.4 Å². The van der Waals surface area contributed by atoms with Crippen molar-refractivity contribution in [3.8, 4) is 0 Å². The Balaban J connectivity index is 1.58. The predicted octanol–water partition coefficient (Wildman–Crippen LogP) is 3.30. The Morgan fingerprint density at radius 1 is 0.889 bits per heavy atom. The van der Waals surface area contributed by atoms with Crippen LogP contribution in [0.1, 0.15) is 43.4 Å². The van der Waals surface area contributed by atoms with Crippen molar-refractivity contribution in [3.05, 3.63) is 105 Å². The Labute approximate surface area is 206 Å². The Kier molecular flexibility index (Phi) is 6.60. The van der Waals surface area contributed by atoms with Gasteiger partial charge in [-0.1, -0.05) is 30.3 Å². The summed E-state index contributed by atoms with van der Waals surface area (Å²) >= 11 is 0. The fourth-order valence-electron chi connectivity index (χ4n) is 4.03. The second-order valence-electron chi connectivity index (χ2n) is 8.35. The molecule has 1 unspecified atom stereocenters. The molecule has 4 rings (SSSR count). The van der Waals surface area contributed by atoms with E-state index in [0.29, 0.717) is 11.3 Å². The molecule has 4 amide bonds. The van der Waals surface area contributed by atoms with Crippen LogP contribution in [-0.2, 0) is 9.59 Å². The Morgan fingerprint density at radius 2 is 1.44 bits per heavy atom. The SMILES string of the molecule is Cc1cccc(C)c1NC(=O)C(NC(=O)CN1C(=O)c2ccccc2C1=O)c1ccc([N+](=O)[O-])cc1. The van der Waals surface area contributed by atoms with Crippen molar-refractivity contribution < 1.29 is 24.1 Å². The van der Waals surface area contributed by atoms with E-state index in [2.05, 4.69) is 10.6 Å². The van der Waals surface area contributed by atoms with Crippen molar-refractivity contribution in [1.29, 1.82) is 0 Å². The number of nitrogens with zero attached hydrogens (tertiary/aromatic N) is 2. The summed E-state index contributed by atoms with van der Waals surface area (Å²) in [4.78, 5) is 62.8. The van der Waals surface area contributed by atoms with Crippen LogP contribution < -0.4 is 10.6 Å². The number of fused-ring (bicyclic) bond motifs is 1. The lowest BCUT2D eigenvalue weighted by atomic mass is 10.0. The quantitative estimate of drug-likeness (QED) is 0.298. The molecule has 0 bridgehead atoms. The topological polar surface area (TPSA) is 139 Å². The van der Waals surface area contributed by atoms with Gasteiger partial charge in [-0.05, 0) is 54.8 Å². The third-order valence-electron chi connectivity index (χ3n) is 5.91. The molecule has 0 radical (unpaired) electrons. The number of rotatable bonds is 7. The van der Waals surface area contributed by atoms with Crippen LogP contribution in [0.15, 0.2) is 66.7 Å². The van der Waals surface area contributed by atoms with Crippen molar-refractivity contribution in [1.82, 2.24) is 10.2 Å². The normalized spacial score (nSPS) is 13.2. The van der Waals surface area contributed by atoms with E-state index in [1.54, 1.807) is 12.1 Å². The van der Waals surface area contributed by atoms with Gasteiger partial charge in [-0.3, -0.25) is 34.2 Å². The Bertz CT molecular complexity index is 1340. The molecule has 1 atom stereocenters. The van der Waals surface area contributed by atoms with Gasteiger partial charge in [-0.2, -0.15) is 0 Å². The number of para-hydroxylation sites is 1. The number of benzene rings is 3. The fourth-order valence-corrected chi connectivity index (χ4v) is 4.03. The number of non-ortho nitro benzene ring substituents is 1. The fraction of sp³-hybridized carbons (Fsp3) is 0.154. The maximum Gasteiger partial charge on any atom is 0.269 e. The maximum absolute atomic E-state index is 13.3. The molecule has 1 heterocycles. The molecule has 3 aromatic carbocycles. The Morgan fingerprint density at radius 3 is 1.97 bits per heavy atom. The molecule has 2 N–H and O–H groups in total. The molecule has 0 saturated heterocycles. The minimum Gasteiger partial charge on any atom is -0.339 e. The summed E-state index contributed by atoms with van der Waals surface area (Å²) in [6, 6.07) is 15.7. The summed E-state index contributed by atoms with van der Waals surface area (Å²) in [7, 11) is 0. The summed E-state index contributed by atoms with van der Waals surface area (Å²) in [5.74, 6) is -2.53. The lowest BCUT2D eigenvalue weighted by Gasteiger charge is -2.22. The van der Waals surface area contributed by atoms with Crippen LogP contribution in [0.5, 0.6) is 0 Å². The minimum absolute atomic E-state index is 0.176. The van der Waals surface area contributed by atoms with E-state index in [-0.39, 0.29) is 16.8 Å². The van der Waals surface area contributed by atoms with Crippen LogP contribution in [0.25, 0.3) is 0 Å². The molecule has 0 fully saturated rings. The standard InChI is InChI=1S/C26H22N4O6/c1-15-6-5-7-16(2)22(15)28-24(32)23(17-10-12-18(13-11-17)30(35)36)27-21(31)14-29-25(33)19-8-3-4-9-20(19)26(29)34/h3-13,23H,14H2,1-2H3,(H,27,31)(H,28,32). The number of nitro groups is 1. The predicted molar refractivity (Wildman–Crippen MR) is 130 cm³/mol. The monoisotopic (exact) mass is 486 g/mol. The Hall–Kier alpha value is -4.86. The highest BCUT2D eigenvalue weighted by atomic mass is 16.6. The zero-order chi connectivity index (χ0) is 26.0. The smallest absolute Gasteiger partial charge is 0.269 e. The van der Waals surface area contributed by atoms with E-state index in [9.17, 15) is 29.3 Å². The number of nitro benzene ring substituents is 1.